The van der Waals surface area contributed by atoms with Gasteiger partial charge in [-0.05, 0) is 49.2 Å². The summed E-state index contributed by atoms with van der Waals surface area (Å²) in [5.41, 5.74) is 1.91. The molecular weight excluding hydrogens is 443 g/mol. The van der Waals surface area contributed by atoms with Crippen molar-refractivity contribution in [2.75, 3.05) is 40.0 Å². The van der Waals surface area contributed by atoms with Crippen LogP contribution >= 0.6 is 0 Å². The Balaban J connectivity index is 1.60. The van der Waals surface area contributed by atoms with Crippen molar-refractivity contribution in [1.29, 1.82) is 0 Å². The number of halogens is 1. The molecule has 4 rings (SSSR count). The molecule has 8 heteroatoms. The molecule has 2 aromatic carbocycles. The Kier molecular flexibility index (Phi) is 7.47. The molecule has 0 saturated carbocycles. The van der Waals surface area contributed by atoms with Crippen molar-refractivity contribution in [3.05, 3.63) is 65.5 Å². The van der Waals surface area contributed by atoms with Gasteiger partial charge in [0.2, 0.25) is 10.0 Å². The standard InChI is InChI=1S/C25H29FN2O4S/c1-32-16-6-7-19-10-12-20(13-11-19)25-22-17-27(14-4-5-15-28(22)23(25)18-29)33(30,31)24-9-3-2-8-21(24)26/h2-3,8-13,22-23,25,29H,4-5,14-18H2,1H3/t22-,23-,25-/m0/s1. The van der Waals surface area contributed by atoms with Gasteiger partial charge < -0.3 is 9.84 Å². The largest absolute Gasteiger partial charge is 0.395 e. The van der Waals surface area contributed by atoms with Crippen LogP contribution in [0, 0.1) is 17.7 Å². The van der Waals surface area contributed by atoms with Crippen LogP contribution in [0.5, 0.6) is 0 Å². The maximum absolute atomic E-state index is 14.3. The summed E-state index contributed by atoms with van der Waals surface area (Å²) in [6, 6.07) is 13.2. The number of sulfonamides is 1. The highest BCUT2D eigenvalue weighted by Gasteiger charge is 2.50. The smallest absolute Gasteiger partial charge is 0.246 e. The van der Waals surface area contributed by atoms with Crippen LogP contribution in [0.25, 0.3) is 0 Å². The minimum Gasteiger partial charge on any atom is -0.395 e. The lowest BCUT2D eigenvalue weighted by molar-refractivity contribution is -0.0554. The molecule has 2 aliphatic rings. The van der Waals surface area contributed by atoms with Gasteiger partial charge in [0.05, 0.1) is 6.61 Å². The van der Waals surface area contributed by atoms with Gasteiger partial charge in [-0.2, -0.15) is 4.31 Å². The summed E-state index contributed by atoms with van der Waals surface area (Å²) in [7, 11) is -2.37. The average Bonchev–Trinajstić information content (AvgIpc) is 2.79. The summed E-state index contributed by atoms with van der Waals surface area (Å²) in [6.45, 7) is 1.77. The maximum Gasteiger partial charge on any atom is 0.246 e. The van der Waals surface area contributed by atoms with Crippen LogP contribution in [-0.4, -0.2) is 74.8 Å². The predicted octanol–water partition coefficient (Wildman–Crippen LogP) is 2.44. The lowest BCUT2D eigenvalue weighted by Gasteiger charge is -2.57. The number of hydrogen-bond acceptors (Lipinski definition) is 5. The molecule has 2 aliphatic heterocycles. The number of fused-ring (bicyclic) bond motifs is 1. The third kappa shape index (κ3) is 4.84. The monoisotopic (exact) mass is 472 g/mol. The zero-order chi connectivity index (χ0) is 23.4. The molecule has 2 heterocycles. The van der Waals surface area contributed by atoms with Gasteiger partial charge in [-0.25, -0.2) is 12.8 Å². The first kappa shape index (κ1) is 23.9. The van der Waals surface area contributed by atoms with Crippen LogP contribution in [0.15, 0.2) is 53.4 Å². The van der Waals surface area contributed by atoms with Crippen LogP contribution < -0.4 is 0 Å². The average molecular weight is 473 g/mol. The predicted molar refractivity (Wildman–Crippen MR) is 124 cm³/mol. The van der Waals surface area contributed by atoms with Crippen LogP contribution in [0.2, 0.25) is 0 Å². The molecule has 2 aromatic rings. The summed E-state index contributed by atoms with van der Waals surface area (Å²) in [6.07, 6.45) is 1.51. The summed E-state index contributed by atoms with van der Waals surface area (Å²) >= 11 is 0. The number of ether oxygens (including phenoxy) is 1. The Hall–Kier alpha value is -2.28. The molecule has 3 atom stereocenters. The molecule has 0 amide bonds. The van der Waals surface area contributed by atoms with Crippen LogP contribution in [0.1, 0.15) is 29.9 Å². The highest BCUT2D eigenvalue weighted by Crippen LogP contribution is 2.42. The van der Waals surface area contributed by atoms with Crippen molar-refractivity contribution in [3.8, 4) is 11.8 Å². The van der Waals surface area contributed by atoms with Crippen molar-refractivity contribution in [3.63, 3.8) is 0 Å². The van der Waals surface area contributed by atoms with E-state index in [-0.39, 0.29) is 36.0 Å². The minimum absolute atomic E-state index is 0.00335. The van der Waals surface area contributed by atoms with Gasteiger partial charge in [0, 0.05) is 43.8 Å². The lowest BCUT2D eigenvalue weighted by Crippen LogP contribution is -2.67. The number of aliphatic hydroxyl groups is 1. The SMILES string of the molecule is COCC#Cc1ccc([C@@H]2[C@H](CO)N3CCCCN(S(=O)(=O)c4ccccc4F)C[C@@H]23)cc1. The third-order valence-electron chi connectivity index (χ3n) is 6.53. The highest BCUT2D eigenvalue weighted by molar-refractivity contribution is 7.89. The minimum atomic E-state index is -3.97. The van der Waals surface area contributed by atoms with E-state index in [1.807, 2.05) is 24.3 Å². The number of methoxy groups -OCH3 is 1. The Morgan fingerprint density at radius 3 is 2.55 bits per heavy atom. The second-order valence-corrected chi connectivity index (χ2v) is 10.3. The number of hydrogen-bond donors (Lipinski definition) is 1. The molecule has 2 fully saturated rings. The number of rotatable bonds is 5. The van der Waals surface area contributed by atoms with Gasteiger partial charge in [0.25, 0.3) is 0 Å². The molecule has 0 radical (unpaired) electrons. The van der Waals surface area contributed by atoms with E-state index in [4.69, 9.17) is 4.74 Å². The first-order chi connectivity index (χ1) is 16.0. The quantitative estimate of drug-likeness (QED) is 0.677. The maximum atomic E-state index is 14.3. The molecule has 6 nitrogen and oxygen atoms in total. The van der Waals surface area contributed by atoms with Crippen molar-refractivity contribution >= 4 is 10.0 Å². The van der Waals surface area contributed by atoms with Crippen LogP contribution in [-0.2, 0) is 14.8 Å². The van der Waals surface area contributed by atoms with E-state index in [9.17, 15) is 17.9 Å². The van der Waals surface area contributed by atoms with E-state index in [1.165, 1.54) is 28.6 Å². The first-order valence-electron chi connectivity index (χ1n) is 11.2. The molecule has 0 aromatic heterocycles. The second kappa shape index (κ2) is 10.3. The van der Waals surface area contributed by atoms with Crippen LogP contribution in [0.3, 0.4) is 0 Å². The van der Waals surface area contributed by atoms with Crippen molar-refractivity contribution in [1.82, 2.24) is 9.21 Å². The van der Waals surface area contributed by atoms with E-state index in [0.29, 0.717) is 19.6 Å². The van der Waals surface area contributed by atoms with E-state index >= 15 is 0 Å². The molecular formula is C25H29FN2O4S. The molecule has 0 spiro atoms. The van der Waals surface area contributed by atoms with E-state index in [2.05, 4.69) is 16.7 Å². The zero-order valence-electron chi connectivity index (χ0n) is 18.7. The van der Waals surface area contributed by atoms with E-state index in [1.54, 1.807) is 7.11 Å². The molecule has 33 heavy (non-hydrogen) atoms. The Bertz CT molecular complexity index is 1130. The fourth-order valence-electron chi connectivity index (χ4n) is 4.92. The number of nitrogens with zero attached hydrogens (tertiary/aromatic N) is 2. The van der Waals surface area contributed by atoms with Crippen LogP contribution in [0.4, 0.5) is 4.39 Å². The second-order valence-electron chi connectivity index (χ2n) is 8.44. The highest BCUT2D eigenvalue weighted by atomic mass is 32.2. The summed E-state index contributed by atoms with van der Waals surface area (Å²) in [5.74, 6) is 5.21. The third-order valence-corrected chi connectivity index (χ3v) is 8.43. The van der Waals surface area contributed by atoms with Crippen molar-refractivity contribution in [2.45, 2.75) is 35.7 Å². The Labute approximate surface area is 195 Å². The van der Waals surface area contributed by atoms with E-state index in [0.717, 1.165) is 24.1 Å². The topological polar surface area (TPSA) is 70.1 Å². The van der Waals surface area contributed by atoms with Gasteiger partial charge in [-0.1, -0.05) is 36.1 Å². The molecule has 2 saturated heterocycles. The van der Waals surface area contributed by atoms with Crippen molar-refractivity contribution in [2.24, 2.45) is 0 Å². The molecule has 0 bridgehead atoms. The fourth-order valence-corrected chi connectivity index (χ4v) is 6.48. The fraction of sp³-hybridized carbons (Fsp3) is 0.440. The van der Waals surface area contributed by atoms with Gasteiger partial charge in [-0.15, -0.1) is 0 Å². The van der Waals surface area contributed by atoms with Gasteiger partial charge >= 0.3 is 0 Å². The van der Waals surface area contributed by atoms with Gasteiger partial charge in [-0.3, -0.25) is 4.90 Å². The van der Waals surface area contributed by atoms with E-state index < -0.39 is 15.8 Å². The summed E-state index contributed by atoms with van der Waals surface area (Å²) in [4.78, 5) is 1.91. The zero-order valence-corrected chi connectivity index (χ0v) is 19.5. The molecule has 0 unspecified atom stereocenters. The summed E-state index contributed by atoms with van der Waals surface area (Å²) in [5, 5.41) is 10.1. The van der Waals surface area contributed by atoms with Crippen molar-refractivity contribution < 1.29 is 22.7 Å². The van der Waals surface area contributed by atoms with Gasteiger partial charge in [0.1, 0.15) is 17.3 Å². The normalized spacial score (nSPS) is 24.0. The molecule has 0 aliphatic carbocycles. The molecule has 176 valence electrons. The lowest BCUT2D eigenvalue weighted by atomic mass is 9.74. The molecule has 1 N–H and O–H groups in total. The number of aliphatic hydroxyl groups excluding tert-OH is 1. The Morgan fingerprint density at radius 2 is 1.85 bits per heavy atom. The summed E-state index contributed by atoms with van der Waals surface area (Å²) < 4.78 is 47.3. The Morgan fingerprint density at radius 1 is 1.12 bits per heavy atom. The number of benzene rings is 2. The first-order valence-corrected chi connectivity index (χ1v) is 12.6. The van der Waals surface area contributed by atoms with Gasteiger partial charge in [0.15, 0.2) is 0 Å².